The van der Waals surface area contributed by atoms with E-state index in [-0.39, 0.29) is 0 Å². The summed E-state index contributed by atoms with van der Waals surface area (Å²) in [6.45, 7) is 5.52. The highest BCUT2D eigenvalue weighted by Gasteiger charge is 2.02. The van der Waals surface area contributed by atoms with Gasteiger partial charge in [-0.3, -0.25) is 0 Å². The fourth-order valence-corrected chi connectivity index (χ4v) is 1.73. The number of rotatable bonds is 8. The van der Waals surface area contributed by atoms with E-state index in [1.807, 2.05) is 6.92 Å². The van der Waals surface area contributed by atoms with E-state index in [2.05, 4.69) is 15.5 Å². The Balaban J connectivity index is 2.20. The van der Waals surface area contributed by atoms with Crippen LogP contribution in [0.5, 0.6) is 0 Å². The minimum absolute atomic E-state index is 0.562. The molecule has 1 heterocycles. The summed E-state index contributed by atoms with van der Waals surface area (Å²) < 4.78 is 10.2. The van der Waals surface area contributed by atoms with Gasteiger partial charge in [0.1, 0.15) is 16.6 Å². The Morgan fingerprint density at radius 1 is 1.33 bits per heavy atom. The van der Waals surface area contributed by atoms with E-state index in [1.165, 1.54) is 0 Å². The average Bonchev–Trinajstić information content (AvgIpc) is 2.69. The Morgan fingerprint density at radius 2 is 2.13 bits per heavy atom. The Kier molecular flexibility index (Phi) is 6.42. The van der Waals surface area contributed by atoms with Crippen LogP contribution in [0.1, 0.15) is 16.9 Å². The average molecular weight is 231 g/mol. The Hall–Kier alpha value is -0.560. The molecule has 0 amide bonds. The molecule has 1 rings (SSSR count). The molecule has 15 heavy (non-hydrogen) atoms. The van der Waals surface area contributed by atoms with E-state index in [0.29, 0.717) is 19.8 Å². The first-order valence-corrected chi connectivity index (χ1v) is 5.77. The number of ether oxygens (including phenoxy) is 2. The van der Waals surface area contributed by atoms with Crippen LogP contribution in [0.4, 0.5) is 0 Å². The number of nitrogens with zero attached hydrogens (tertiary/aromatic N) is 2. The number of hydrogen-bond donors (Lipinski definition) is 1. The van der Waals surface area contributed by atoms with E-state index in [1.54, 1.807) is 18.4 Å². The van der Waals surface area contributed by atoms with Crippen LogP contribution in [0.3, 0.4) is 0 Å². The third-order valence-corrected chi connectivity index (χ3v) is 2.59. The van der Waals surface area contributed by atoms with Gasteiger partial charge in [-0.05, 0) is 6.92 Å². The molecule has 0 radical (unpaired) electrons. The van der Waals surface area contributed by atoms with Gasteiger partial charge in [-0.2, -0.15) is 0 Å². The summed E-state index contributed by atoms with van der Waals surface area (Å²) in [4.78, 5) is 0. The fraction of sp³-hybridized carbons (Fsp3) is 0.778. The van der Waals surface area contributed by atoms with Gasteiger partial charge in [0.25, 0.3) is 0 Å². The first kappa shape index (κ1) is 12.5. The molecule has 0 unspecified atom stereocenters. The van der Waals surface area contributed by atoms with Gasteiger partial charge >= 0.3 is 0 Å². The third-order valence-electron chi connectivity index (χ3n) is 1.70. The monoisotopic (exact) mass is 231 g/mol. The van der Waals surface area contributed by atoms with Crippen molar-refractivity contribution in [3.8, 4) is 0 Å². The summed E-state index contributed by atoms with van der Waals surface area (Å²) in [7, 11) is 1.69. The molecule has 0 bridgehead atoms. The first-order valence-electron chi connectivity index (χ1n) is 4.95. The van der Waals surface area contributed by atoms with Crippen molar-refractivity contribution < 1.29 is 9.47 Å². The molecule has 0 aliphatic heterocycles. The van der Waals surface area contributed by atoms with Crippen molar-refractivity contribution in [2.45, 2.75) is 20.1 Å². The molecule has 0 saturated heterocycles. The topological polar surface area (TPSA) is 56.3 Å². The first-order chi connectivity index (χ1) is 7.36. The zero-order valence-electron chi connectivity index (χ0n) is 9.15. The van der Waals surface area contributed by atoms with Crippen molar-refractivity contribution in [1.29, 1.82) is 0 Å². The van der Waals surface area contributed by atoms with Gasteiger partial charge in [-0.15, -0.1) is 10.2 Å². The van der Waals surface area contributed by atoms with Gasteiger partial charge < -0.3 is 14.8 Å². The number of methoxy groups -OCH3 is 1. The van der Waals surface area contributed by atoms with Crippen molar-refractivity contribution in [2.24, 2.45) is 0 Å². The predicted molar refractivity (Wildman–Crippen MR) is 58.8 cm³/mol. The number of aromatic nitrogens is 2. The van der Waals surface area contributed by atoms with Crippen LogP contribution in [0.2, 0.25) is 0 Å². The molecule has 5 nitrogen and oxygen atoms in total. The molecule has 86 valence electrons. The van der Waals surface area contributed by atoms with Gasteiger partial charge in [0.2, 0.25) is 0 Å². The lowest BCUT2D eigenvalue weighted by Crippen LogP contribution is -2.18. The highest BCUT2D eigenvalue weighted by molar-refractivity contribution is 7.11. The minimum atomic E-state index is 0.562. The van der Waals surface area contributed by atoms with Crippen LogP contribution in [-0.2, 0) is 22.6 Å². The molecular formula is C9H17N3O2S. The molecule has 6 heteroatoms. The second-order valence-electron chi connectivity index (χ2n) is 2.90. The molecule has 1 N–H and O–H groups in total. The van der Waals surface area contributed by atoms with Crippen LogP contribution in [-0.4, -0.2) is 37.1 Å². The summed E-state index contributed by atoms with van der Waals surface area (Å²) in [5.74, 6) is 0. The van der Waals surface area contributed by atoms with E-state index >= 15 is 0 Å². The van der Waals surface area contributed by atoms with Crippen LogP contribution < -0.4 is 5.32 Å². The van der Waals surface area contributed by atoms with Crippen molar-refractivity contribution >= 4 is 11.3 Å². The van der Waals surface area contributed by atoms with E-state index in [9.17, 15) is 0 Å². The molecular weight excluding hydrogens is 214 g/mol. The van der Waals surface area contributed by atoms with Gasteiger partial charge in [0.05, 0.1) is 6.61 Å². The second-order valence-corrected chi connectivity index (χ2v) is 4.04. The van der Waals surface area contributed by atoms with Crippen molar-refractivity contribution in [1.82, 2.24) is 15.5 Å². The van der Waals surface area contributed by atoms with E-state index in [4.69, 9.17) is 9.47 Å². The Bertz CT molecular complexity index is 268. The van der Waals surface area contributed by atoms with Crippen molar-refractivity contribution in [3.63, 3.8) is 0 Å². The minimum Gasteiger partial charge on any atom is -0.383 e. The quantitative estimate of drug-likeness (QED) is 0.671. The summed E-state index contributed by atoms with van der Waals surface area (Å²) in [5.41, 5.74) is 0. The largest absolute Gasteiger partial charge is 0.383 e. The molecule has 0 fully saturated rings. The van der Waals surface area contributed by atoms with Gasteiger partial charge in [0, 0.05) is 26.8 Å². The third kappa shape index (κ3) is 5.17. The van der Waals surface area contributed by atoms with E-state index in [0.717, 1.165) is 23.1 Å². The highest BCUT2D eigenvalue weighted by atomic mass is 32.1. The zero-order valence-corrected chi connectivity index (χ0v) is 9.97. The summed E-state index contributed by atoms with van der Waals surface area (Å²) in [6.07, 6.45) is 0. The molecule has 1 aromatic rings. The van der Waals surface area contributed by atoms with Crippen molar-refractivity contribution in [2.75, 3.05) is 26.9 Å². The molecule has 0 aromatic carbocycles. The standard InChI is InChI=1S/C9H17N3O2S/c1-3-14-7-9-12-11-8(15-9)6-10-4-5-13-2/h10H,3-7H2,1-2H3. The summed E-state index contributed by atoms with van der Waals surface area (Å²) in [6, 6.07) is 0. The second kappa shape index (κ2) is 7.70. The summed E-state index contributed by atoms with van der Waals surface area (Å²) in [5, 5.41) is 13.2. The van der Waals surface area contributed by atoms with Crippen LogP contribution in [0.15, 0.2) is 0 Å². The van der Waals surface area contributed by atoms with Crippen LogP contribution >= 0.6 is 11.3 Å². The number of nitrogens with one attached hydrogen (secondary N) is 1. The maximum atomic E-state index is 5.24. The lowest BCUT2D eigenvalue weighted by atomic mass is 10.6. The SMILES string of the molecule is CCOCc1nnc(CNCCOC)s1. The Labute approximate surface area is 93.8 Å². The van der Waals surface area contributed by atoms with Gasteiger partial charge in [-0.1, -0.05) is 11.3 Å². The molecule has 1 aromatic heterocycles. The Morgan fingerprint density at radius 3 is 2.87 bits per heavy atom. The molecule has 0 atom stereocenters. The fourth-order valence-electron chi connectivity index (χ4n) is 0.977. The van der Waals surface area contributed by atoms with Crippen LogP contribution in [0.25, 0.3) is 0 Å². The lowest BCUT2D eigenvalue weighted by Gasteiger charge is -1.99. The zero-order chi connectivity index (χ0) is 10.9. The van der Waals surface area contributed by atoms with Gasteiger partial charge in [-0.25, -0.2) is 0 Å². The molecule has 0 spiro atoms. The smallest absolute Gasteiger partial charge is 0.143 e. The molecule has 0 saturated carbocycles. The lowest BCUT2D eigenvalue weighted by molar-refractivity contribution is 0.133. The van der Waals surface area contributed by atoms with Crippen molar-refractivity contribution in [3.05, 3.63) is 10.0 Å². The van der Waals surface area contributed by atoms with Gasteiger partial charge in [0.15, 0.2) is 0 Å². The molecule has 0 aliphatic rings. The summed E-state index contributed by atoms with van der Waals surface area (Å²) >= 11 is 1.58. The predicted octanol–water partition coefficient (Wildman–Crippen LogP) is 0.811. The van der Waals surface area contributed by atoms with Crippen LogP contribution in [0, 0.1) is 0 Å². The molecule has 0 aliphatic carbocycles. The number of hydrogen-bond acceptors (Lipinski definition) is 6. The van der Waals surface area contributed by atoms with E-state index < -0.39 is 0 Å². The normalized spacial score (nSPS) is 10.8. The highest BCUT2D eigenvalue weighted by Crippen LogP contribution is 2.10. The maximum absolute atomic E-state index is 5.24. The maximum Gasteiger partial charge on any atom is 0.143 e.